The number of anilines is 1. The number of thiophene rings is 1. The van der Waals surface area contributed by atoms with Gasteiger partial charge in [0.15, 0.2) is 0 Å². The van der Waals surface area contributed by atoms with Crippen LogP contribution in [0, 0.1) is 5.82 Å². The van der Waals surface area contributed by atoms with Crippen LogP contribution in [0.2, 0.25) is 0 Å². The molecule has 4 aromatic rings. The lowest BCUT2D eigenvalue weighted by molar-refractivity contribution is 0.244. The van der Waals surface area contributed by atoms with Gasteiger partial charge < -0.3 is 14.6 Å². The van der Waals surface area contributed by atoms with Gasteiger partial charge in [-0.15, -0.1) is 11.3 Å². The molecule has 2 amide bonds. The summed E-state index contributed by atoms with van der Waals surface area (Å²) in [6.07, 6.45) is 0. The van der Waals surface area contributed by atoms with Crippen molar-refractivity contribution in [3.63, 3.8) is 0 Å². The van der Waals surface area contributed by atoms with E-state index < -0.39 is 6.04 Å². The van der Waals surface area contributed by atoms with Gasteiger partial charge in [-0.1, -0.05) is 23.4 Å². The Kier molecular flexibility index (Phi) is 5.85. The third kappa shape index (κ3) is 4.06. The van der Waals surface area contributed by atoms with Crippen LogP contribution in [0.4, 0.5) is 14.9 Å². The number of carbonyl (C=O) groups excluding carboxylic acids is 1. The standard InChI is InChI=1S/C25H21FN4O3S/c1-3-32-19-12-6-16(7-13-19)22-21(24-28-23(29-33-24)20-5-4-14-34-20)15(2)30(25(31)27-22)18-10-8-17(26)9-11-18/h4-14,22H,3H2,1-2H3,(H,27,31). The zero-order valence-electron chi connectivity index (χ0n) is 18.5. The fourth-order valence-electron chi connectivity index (χ4n) is 3.93. The lowest BCUT2D eigenvalue weighted by Crippen LogP contribution is -2.46. The predicted octanol–water partition coefficient (Wildman–Crippen LogP) is 6.04. The number of hydrogen-bond acceptors (Lipinski definition) is 6. The molecule has 0 radical (unpaired) electrons. The molecule has 0 saturated carbocycles. The molecule has 9 heteroatoms. The topological polar surface area (TPSA) is 80.5 Å². The van der Waals surface area contributed by atoms with Gasteiger partial charge in [0, 0.05) is 5.70 Å². The Balaban J connectivity index is 1.62. The molecule has 7 nitrogen and oxygen atoms in total. The van der Waals surface area contributed by atoms with Crippen molar-refractivity contribution in [3.8, 4) is 16.5 Å². The maximum atomic E-state index is 13.5. The summed E-state index contributed by atoms with van der Waals surface area (Å²) >= 11 is 1.51. The molecule has 1 aliphatic heterocycles. The highest BCUT2D eigenvalue weighted by molar-refractivity contribution is 7.13. The predicted molar refractivity (Wildman–Crippen MR) is 128 cm³/mol. The molecular weight excluding hydrogens is 455 g/mol. The van der Waals surface area contributed by atoms with Gasteiger partial charge in [0.25, 0.3) is 5.89 Å². The normalized spacial score (nSPS) is 16.0. The molecule has 2 aromatic heterocycles. The number of ether oxygens (including phenoxy) is 1. The van der Waals surface area contributed by atoms with Crippen molar-refractivity contribution < 1.29 is 18.4 Å². The quantitative estimate of drug-likeness (QED) is 0.367. The third-order valence-corrected chi connectivity index (χ3v) is 6.36. The maximum absolute atomic E-state index is 13.5. The number of halogens is 1. The molecule has 1 aliphatic rings. The monoisotopic (exact) mass is 476 g/mol. The van der Waals surface area contributed by atoms with Crippen LogP contribution >= 0.6 is 11.3 Å². The van der Waals surface area contributed by atoms with E-state index in [9.17, 15) is 9.18 Å². The number of rotatable bonds is 6. The number of carbonyl (C=O) groups is 1. The van der Waals surface area contributed by atoms with Gasteiger partial charge in [0.05, 0.1) is 28.8 Å². The van der Waals surface area contributed by atoms with Crippen molar-refractivity contribution >= 4 is 28.6 Å². The van der Waals surface area contributed by atoms with Gasteiger partial charge in [-0.25, -0.2) is 9.18 Å². The molecule has 0 bridgehead atoms. The zero-order valence-corrected chi connectivity index (χ0v) is 19.3. The number of nitrogens with zero attached hydrogens (tertiary/aromatic N) is 3. The maximum Gasteiger partial charge on any atom is 0.326 e. The van der Waals surface area contributed by atoms with Crippen LogP contribution in [-0.2, 0) is 0 Å². The molecule has 1 unspecified atom stereocenters. The van der Waals surface area contributed by atoms with Gasteiger partial charge in [0.1, 0.15) is 11.6 Å². The lowest BCUT2D eigenvalue weighted by atomic mass is 9.94. The lowest BCUT2D eigenvalue weighted by Gasteiger charge is -2.35. The van der Waals surface area contributed by atoms with Crippen LogP contribution in [0.5, 0.6) is 5.75 Å². The van der Waals surface area contributed by atoms with Gasteiger partial charge in [0.2, 0.25) is 5.82 Å². The smallest absolute Gasteiger partial charge is 0.326 e. The molecule has 1 atom stereocenters. The average molecular weight is 477 g/mol. The number of benzene rings is 2. The Morgan fingerprint density at radius 1 is 1.15 bits per heavy atom. The summed E-state index contributed by atoms with van der Waals surface area (Å²) in [7, 11) is 0. The SMILES string of the molecule is CCOc1ccc(C2NC(=O)N(c3ccc(F)cc3)C(C)=C2c2nc(-c3cccs3)no2)cc1. The number of hydrogen-bond donors (Lipinski definition) is 1. The highest BCUT2D eigenvalue weighted by atomic mass is 32.1. The van der Waals surface area contributed by atoms with Gasteiger partial charge in [-0.3, -0.25) is 4.90 Å². The van der Waals surface area contributed by atoms with Crippen LogP contribution in [0.25, 0.3) is 16.3 Å². The molecule has 3 heterocycles. The second-order valence-corrected chi connectivity index (χ2v) is 8.54. The van der Waals surface area contributed by atoms with Crippen LogP contribution in [0.1, 0.15) is 31.3 Å². The zero-order chi connectivity index (χ0) is 23.7. The Bertz CT molecular complexity index is 1330. The average Bonchev–Trinajstić information content (AvgIpc) is 3.53. The summed E-state index contributed by atoms with van der Waals surface area (Å²) in [6, 6.07) is 16.2. The van der Waals surface area contributed by atoms with E-state index >= 15 is 0 Å². The van der Waals surface area contributed by atoms with Gasteiger partial charge in [-0.05, 0) is 67.3 Å². The minimum atomic E-state index is -0.531. The molecule has 172 valence electrons. The van der Waals surface area contributed by atoms with E-state index in [1.54, 1.807) is 12.1 Å². The van der Waals surface area contributed by atoms with E-state index in [2.05, 4.69) is 15.5 Å². The molecule has 0 spiro atoms. The van der Waals surface area contributed by atoms with E-state index in [1.807, 2.05) is 55.6 Å². The molecule has 0 aliphatic carbocycles. The molecule has 34 heavy (non-hydrogen) atoms. The third-order valence-electron chi connectivity index (χ3n) is 5.49. The molecule has 5 rings (SSSR count). The fourth-order valence-corrected chi connectivity index (χ4v) is 4.58. The van der Waals surface area contributed by atoms with Crippen molar-refractivity contribution in [2.45, 2.75) is 19.9 Å². The molecular formula is C25H21FN4O3S. The number of allylic oxidation sites excluding steroid dienone is 1. The summed E-state index contributed by atoms with van der Waals surface area (Å²) in [5.74, 6) is 1.13. The van der Waals surface area contributed by atoms with Gasteiger partial charge >= 0.3 is 6.03 Å². The number of urea groups is 1. The second kappa shape index (κ2) is 9.11. The van der Waals surface area contributed by atoms with Gasteiger partial charge in [-0.2, -0.15) is 4.98 Å². The Labute approximate surface area is 199 Å². The van der Waals surface area contributed by atoms with E-state index in [0.717, 1.165) is 16.2 Å². The van der Waals surface area contributed by atoms with E-state index in [0.29, 0.717) is 35.3 Å². The summed E-state index contributed by atoms with van der Waals surface area (Å²) < 4.78 is 24.8. The van der Waals surface area contributed by atoms with Crippen LogP contribution in [-0.4, -0.2) is 22.8 Å². The molecule has 1 N–H and O–H groups in total. The first-order valence-electron chi connectivity index (χ1n) is 10.7. The minimum absolute atomic E-state index is 0.298. The molecule has 0 saturated heterocycles. The first-order valence-corrected chi connectivity index (χ1v) is 11.6. The first-order chi connectivity index (χ1) is 16.5. The number of amides is 2. The summed E-state index contributed by atoms with van der Waals surface area (Å²) in [6.45, 7) is 4.29. The van der Waals surface area contributed by atoms with Crippen LogP contribution < -0.4 is 15.0 Å². The summed E-state index contributed by atoms with van der Waals surface area (Å²) in [5, 5.41) is 9.13. The highest BCUT2D eigenvalue weighted by Gasteiger charge is 2.36. The minimum Gasteiger partial charge on any atom is -0.494 e. The summed E-state index contributed by atoms with van der Waals surface area (Å²) in [4.78, 5) is 20.2. The Morgan fingerprint density at radius 2 is 1.91 bits per heavy atom. The Hall–Kier alpha value is -3.98. The number of nitrogens with one attached hydrogen (secondary N) is 1. The first kappa shape index (κ1) is 21.8. The summed E-state index contributed by atoms with van der Waals surface area (Å²) in [5.41, 5.74) is 2.62. The van der Waals surface area contributed by atoms with Crippen molar-refractivity contribution in [2.24, 2.45) is 0 Å². The fraction of sp³-hybridized carbons (Fsp3) is 0.160. The van der Waals surface area contributed by atoms with Crippen molar-refractivity contribution in [3.05, 3.63) is 89.0 Å². The van der Waals surface area contributed by atoms with Crippen molar-refractivity contribution in [2.75, 3.05) is 11.5 Å². The van der Waals surface area contributed by atoms with Crippen LogP contribution in [0.15, 0.2) is 76.3 Å². The number of aromatic nitrogens is 2. The molecule has 0 fully saturated rings. The van der Waals surface area contributed by atoms with E-state index in [1.165, 1.54) is 28.4 Å². The van der Waals surface area contributed by atoms with Crippen molar-refractivity contribution in [1.82, 2.24) is 15.5 Å². The van der Waals surface area contributed by atoms with E-state index in [4.69, 9.17) is 9.26 Å². The van der Waals surface area contributed by atoms with Crippen molar-refractivity contribution in [1.29, 1.82) is 0 Å². The van der Waals surface area contributed by atoms with Crippen LogP contribution in [0.3, 0.4) is 0 Å². The highest BCUT2D eigenvalue weighted by Crippen LogP contribution is 2.39. The van der Waals surface area contributed by atoms with E-state index in [-0.39, 0.29) is 11.8 Å². The Morgan fingerprint density at radius 3 is 2.59 bits per heavy atom. The molecule has 2 aromatic carbocycles. The largest absolute Gasteiger partial charge is 0.494 e. The second-order valence-electron chi connectivity index (χ2n) is 7.60.